The van der Waals surface area contributed by atoms with Crippen LogP contribution < -0.4 is 4.74 Å². The molecule has 0 aliphatic carbocycles. The molecule has 0 aromatic carbocycles. The van der Waals surface area contributed by atoms with Crippen LogP contribution >= 0.6 is 0 Å². The van der Waals surface area contributed by atoms with Gasteiger partial charge in [-0.25, -0.2) is 0 Å². The van der Waals surface area contributed by atoms with Crippen molar-refractivity contribution in [2.75, 3.05) is 7.11 Å². The minimum Gasteiger partial charge on any atom is -0.495 e. The predicted octanol–water partition coefficient (Wildman–Crippen LogP) is 5.04. The van der Waals surface area contributed by atoms with Gasteiger partial charge in [-0.15, -0.1) is 0 Å². The fourth-order valence-corrected chi connectivity index (χ4v) is 2.54. The van der Waals surface area contributed by atoms with Crippen molar-refractivity contribution in [1.82, 2.24) is 4.98 Å². The van der Waals surface area contributed by atoms with Gasteiger partial charge < -0.3 is 9.84 Å². The lowest BCUT2D eigenvalue weighted by Crippen LogP contribution is -1.99. The molecule has 0 bridgehead atoms. The van der Waals surface area contributed by atoms with Crippen LogP contribution in [0.4, 0.5) is 0 Å². The minimum atomic E-state index is -0.419. The van der Waals surface area contributed by atoms with E-state index in [1.165, 1.54) is 51.4 Å². The van der Waals surface area contributed by atoms with Crippen LogP contribution in [-0.4, -0.2) is 17.2 Å². The zero-order valence-corrected chi connectivity index (χ0v) is 13.7. The Kier molecular flexibility index (Phi) is 9.88. The largest absolute Gasteiger partial charge is 0.495 e. The first-order chi connectivity index (χ1) is 10.3. The molecule has 21 heavy (non-hydrogen) atoms. The second-order valence-corrected chi connectivity index (χ2v) is 5.79. The Morgan fingerprint density at radius 2 is 1.62 bits per heavy atom. The van der Waals surface area contributed by atoms with Crippen LogP contribution in [0.2, 0.25) is 0 Å². The number of methoxy groups -OCH3 is 1. The number of hydrogen-bond acceptors (Lipinski definition) is 3. The second-order valence-electron chi connectivity index (χ2n) is 5.79. The van der Waals surface area contributed by atoms with E-state index in [9.17, 15) is 5.11 Å². The van der Waals surface area contributed by atoms with Crippen LogP contribution in [0.25, 0.3) is 0 Å². The molecule has 1 rings (SSSR count). The number of ether oxygens (including phenoxy) is 1. The molecular formula is C18H31NO2. The van der Waals surface area contributed by atoms with Gasteiger partial charge in [0.25, 0.3) is 0 Å². The highest BCUT2D eigenvalue weighted by Crippen LogP contribution is 2.22. The molecular weight excluding hydrogens is 262 g/mol. The zero-order valence-electron chi connectivity index (χ0n) is 13.7. The highest BCUT2D eigenvalue weighted by atomic mass is 16.5. The van der Waals surface area contributed by atoms with E-state index in [1.54, 1.807) is 19.5 Å². The molecule has 0 saturated heterocycles. The van der Waals surface area contributed by atoms with Gasteiger partial charge >= 0.3 is 0 Å². The fraction of sp³-hybridized carbons (Fsp3) is 0.722. The van der Waals surface area contributed by atoms with Gasteiger partial charge in [0.15, 0.2) is 0 Å². The first-order valence-electron chi connectivity index (χ1n) is 8.45. The summed E-state index contributed by atoms with van der Waals surface area (Å²) in [6, 6.07) is 1.87. The standard InChI is InChI=1S/C18H31NO2/c1-3-4-5-6-7-8-9-10-11-12-18(20)16-13-17(21-2)15-19-14-16/h13-15,18,20H,3-12H2,1-2H3. The van der Waals surface area contributed by atoms with Gasteiger partial charge in [0.05, 0.1) is 19.4 Å². The third-order valence-corrected chi connectivity index (χ3v) is 3.94. The third-order valence-electron chi connectivity index (χ3n) is 3.94. The number of rotatable bonds is 12. The number of pyridine rings is 1. The van der Waals surface area contributed by atoms with Gasteiger partial charge in [-0.05, 0) is 12.5 Å². The van der Waals surface area contributed by atoms with E-state index in [4.69, 9.17) is 4.74 Å². The van der Waals surface area contributed by atoms with E-state index in [-0.39, 0.29) is 0 Å². The average molecular weight is 293 g/mol. The van der Waals surface area contributed by atoms with Gasteiger partial charge in [-0.1, -0.05) is 64.7 Å². The Morgan fingerprint density at radius 1 is 1.00 bits per heavy atom. The molecule has 0 amide bonds. The first kappa shape index (κ1) is 18.0. The molecule has 3 nitrogen and oxygen atoms in total. The van der Waals surface area contributed by atoms with E-state index in [2.05, 4.69) is 11.9 Å². The highest BCUT2D eigenvalue weighted by Gasteiger charge is 2.08. The number of unbranched alkanes of at least 4 members (excludes halogenated alkanes) is 8. The van der Waals surface area contributed by atoms with Crippen molar-refractivity contribution in [3.63, 3.8) is 0 Å². The van der Waals surface area contributed by atoms with E-state index in [0.29, 0.717) is 5.75 Å². The maximum absolute atomic E-state index is 10.1. The monoisotopic (exact) mass is 293 g/mol. The lowest BCUT2D eigenvalue weighted by atomic mass is 10.0. The summed E-state index contributed by atoms with van der Waals surface area (Å²) in [5, 5.41) is 10.1. The maximum atomic E-state index is 10.1. The summed E-state index contributed by atoms with van der Waals surface area (Å²) in [7, 11) is 1.62. The summed E-state index contributed by atoms with van der Waals surface area (Å²) in [4.78, 5) is 4.08. The van der Waals surface area contributed by atoms with Crippen molar-refractivity contribution in [2.45, 2.75) is 77.2 Å². The van der Waals surface area contributed by atoms with Gasteiger partial charge in [0.2, 0.25) is 0 Å². The van der Waals surface area contributed by atoms with E-state index in [0.717, 1.165) is 18.4 Å². The predicted molar refractivity (Wildman–Crippen MR) is 87.6 cm³/mol. The Morgan fingerprint density at radius 3 is 2.24 bits per heavy atom. The van der Waals surface area contributed by atoms with Crippen molar-refractivity contribution in [1.29, 1.82) is 0 Å². The van der Waals surface area contributed by atoms with Gasteiger partial charge in [-0.3, -0.25) is 4.98 Å². The van der Waals surface area contributed by atoms with Crippen molar-refractivity contribution < 1.29 is 9.84 Å². The van der Waals surface area contributed by atoms with Crippen LogP contribution in [0.5, 0.6) is 5.75 Å². The molecule has 1 aromatic rings. The van der Waals surface area contributed by atoms with E-state index < -0.39 is 6.10 Å². The zero-order chi connectivity index (χ0) is 15.3. The summed E-state index contributed by atoms with van der Waals surface area (Å²) in [5.74, 6) is 0.707. The molecule has 0 radical (unpaired) electrons. The summed E-state index contributed by atoms with van der Waals surface area (Å²) in [6.45, 7) is 2.25. The number of aliphatic hydroxyl groups is 1. The van der Waals surface area contributed by atoms with E-state index >= 15 is 0 Å². The average Bonchev–Trinajstić information content (AvgIpc) is 2.53. The van der Waals surface area contributed by atoms with Crippen LogP contribution in [-0.2, 0) is 0 Å². The highest BCUT2D eigenvalue weighted by molar-refractivity contribution is 5.24. The molecule has 1 unspecified atom stereocenters. The molecule has 0 spiro atoms. The van der Waals surface area contributed by atoms with Gasteiger partial charge in [0, 0.05) is 11.8 Å². The molecule has 0 aliphatic heterocycles. The molecule has 1 heterocycles. The molecule has 3 heteroatoms. The quantitative estimate of drug-likeness (QED) is 0.549. The van der Waals surface area contributed by atoms with Gasteiger partial charge in [-0.2, -0.15) is 0 Å². The molecule has 0 fully saturated rings. The third kappa shape index (κ3) is 8.05. The first-order valence-corrected chi connectivity index (χ1v) is 8.45. The maximum Gasteiger partial charge on any atom is 0.137 e. The van der Waals surface area contributed by atoms with Crippen molar-refractivity contribution in [2.24, 2.45) is 0 Å². The van der Waals surface area contributed by atoms with Crippen LogP contribution in [0.3, 0.4) is 0 Å². The van der Waals surface area contributed by atoms with Gasteiger partial charge in [0.1, 0.15) is 5.75 Å². The lowest BCUT2D eigenvalue weighted by Gasteiger charge is -2.11. The number of nitrogens with zero attached hydrogens (tertiary/aromatic N) is 1. The molecule has 0 saturated carbocycles. The van der Waals surface area contributed by atoms with Crippen LogP contribution in [0.15, 0.2) is 18.5 Å². The number of aliphatic hydroxyl groups excluding tert-OH is 1. The smallest absolute Gasteiger partial charge is 0.137 e. The van der Waals surface area contributed by atoms with Crippen molar-refractivity contribution in [3.05, 3.63) is 24.0 Å². The van der Waals surface area contributed by atoms with Crippen LogP contribution in [0.1, 0.15) is 82.8 Å². The summed E-state index contributed by atoms with van der Waals surface area (Å²) < 4.78 is 5.13. The summed E-state index contributed by atoms with van der Waals surface area (Å²) in [5.41, 5.74) is 0.855. The summed E-state index contributed by atoms with van der Waals surface area (Å²) >= 11 is 0. The minimum absolute atomic E-state index is 0.419. The van der Waals surface area contributed by atoms with Crippen LogP contribution in [0, 0.1) is 0 Å². The molecule has 1 N–H and O–H groups in total. The Bertz CT molecular complexity index is 368. The molecule has 0 aliphatic rings. The Hall–Kier alpha value is -1.09. The Labute approximate surface area is 129 Å². The molecule has 1 aromatic heterocycles. The fourth-order valence-electron chi connectivity index (χ4n) is 2.54. The second kappa shape index (κ2) is 11.6. The van der Waals surface area contributed by atoms with Crippen molar-refractivity contribution in [3.8, 4) is 5.75 Å². The number of aromatic nitrogens is 1. The topological polar surface area (TPSA) is 42.4 Å². The summed E-state index contributed by atoms with van der Waals surface area (Å²) in [6.07, 6.45) is 15.5. The normalized spacial score (nSPS) is 12.3. The molecule has 1 atom stereocenters. The Balaban J connectivity index is 2.06. The number of hydrogen-bond donors (Lipinski definition) is 1. The van der Waals surface area contributed by atoms with E-state index in [1.807, 2.05) is 6.07 Å². The lowest BCUT2D eigenvalue weighted by molar-refractivity contribution is 0.162. The molecule has 120 valence electrons. The van der Waals surface area contributed by atoms with Crippen molar-refractivity contribution >= 4 is 0 Å². The SMILES string of the molecule is CCCCCCCCCCCC(O)c1cncc(OC)c1.